The van der Waals surface area contributed by atoms with Crippen LogP contribution in [0.3, 0.4) is 0 Å². The molecule has 2 aliphatic rings. The van der Waals surface area contributed by atoms with E-state index in [0.717, 1.165) is 18.5 Å². The van der Waals surface area contributed by atoms with Crippen LogP contribution in [0.1, 0.15) is 22.6 Å². The summed E-state index contributed by atoms with van der Waals surface area (Å²) in [6.07, 6.45) is 5.07. The highest BCUT2D eigenvalue weighted by molar-refractivity contribution is 5.88. The van der Waals surface area contributed by atoms with Gasteiger partial charge in [-0.1, -0.05) is 18.2 Å². The van der Waals surface area contributed by atoms with E-state index in [1.165, 1.54) is 23.9 Å². The minimum absolute atomic E-state index is 0.175. The molecule has 0 saturated heterocycles. The fraction of sp³-hybridized carbons (Fsp3) is 0.357. The highest BCUT2D eigenvalue weighted by Gasteiger charge is 2.29. The third-order valence-electron chi connectivity index (χ3n) is 3.72. The first kappa shape index (κ1) is 10.4. The number of fused-ring (bicyclic) bond motifs is 3. The Morgan fingerprint density at radius 1 is 1.47 bits per heavy atom. The molecule has 1 unspecified atom stereocenters. The minimum atomic E-state index is -0.216. The number of methoxy groups -OCH3 is 1. The van der Waals surface area contributed by atoms with Gasteiger partial charge >= 0.3 is 5.97 Å². The molecule has 1 aromatic rings. The van der Waals surface area contributed by atoms with E-state index < -0.39 is 0 Å². The summed E-state index contributed by atoms with van der Waals surface area (Å²) in [5.41, 5.74) is 4.97. The highest BCUT2D eigenvalue weighted by Crippen LogP contribution is 2.39. The Morgan fingerprint density at radius 2 is 2.29 bits per heavy atom. The monoisotopic (exact) mass is 229 g/mol. The van der Waals surface area contributed by atoms with Crippen LogP contribution < -0.4 is 4.90 Å². The van der Waals surface area contributed by atoms with E-state index in [9.17, 15) is 4.79 Å². The molecule has 0 spiro atoms. The second-order valence-electron chi connectivity index (χ2n) is 4.60. The predicted octanol–water partition coefficient (Wildman–Crippen LogP) is 1.96. The van der Waals surface area contributed by atoms with E-state index >= 15 is 0 Å². The van der Waals surface area contributed by atoms with Crippen LogP contribution in [0.2, 0.25) is 0 Å². The molecule has 0 fully saturated rings. The summed E-state index contributed by atoms with van der Waals surface area (Å²) in [6, 6.07) is 4.17. The molecule has 0 N–H and O–H groups in total. The van der Waals surface area contributed by atoms with Crippen molar-refractivity contribution in [3.05, 3.63) is 34.9 Å². The van der Waals surface area contributed by atoms with Gasteiger partial charge in [0.15, 0.2) is 0 Å². The van der Waals surface area contributed by atoms with Gasteiger partial charge in [-0.15, -0.1) is 0 Å². The highest BCUT2D eigenvalue weighted by atomic mass is 16.5. The number of esters is 1. The number of likely N-dealkylation sites (N-methyl/N-ethyl adjacent to an activating group) is 1. The zero-order valence-electron chi connectivity index (χ0n) is 10.1. The quantitative estimate of drug-likeness (QED) is 0.689. The third kappa shape index (κ3) is 1.38. The van der Waals surface area contributed by atoms with Crippen LogP contribution in [0.4, 0.5) is 5.69 Å². The molecular weight excluding hydrogens is 214 g/mol. The van der Waals surface area contributed by atoms with Gasteiger partial charge in [-0.2, -0.15) is 0 Å². The molecule has 17 heavy (non-hydrogen) atoms. The number of ether oxygens (including phenoxy) is 1. The van der Waals surface area contributed by atoms with Crippen molar-refractivity contribution in [1.82, 2.24) is 0 Å². The van der Waals surface area contributed by atoms with E-state index in [1.807, 2.05) is 6.08 Å². The van der Waals surface area contributed by atoms with Crippen LogP contribution >= 0.6 is 0 Å². The lowest BCUT2D eigenvalue weighted by Crippen LogP contribution is -2.13. The molecule has 3 rings (SSSR count). The molecule has 0 radical (unpaired) electrons. The van der Waals surface area contributed by atoms with Gasteiger partial charge < -0.3 is 9.64 Å². The number of nitrogens with zero attached hydrogens (tertiary/aromatic N) is 1. The Bertz CT molecular complexity index is 519. The molecule has 1 aromatic carbocycles. The van der Waals surface area contributed by atoms with Gasteiger partial charge in [0.2, 0.25) is 0 Å². The van der Waals surface area contributed by atoms with Gasteiger partial charge in [0.25, 0.3) is 0 Å². The number of carbonyl (C=O) groups is 1. The van der Waals surface area contributed by atoms with Gasteiger partial charge in [-0.3, -0.25) is 4.79 Å². The molecule has 0 aromatic heterocycles. The van der Waals surface area contributed by atoms with Crippen molar-refractivity contribution in [1.29, 1.82) is 0 Å². The summed E-state index contributed by atoms with van der Waals surface area (Å²) in [5.74, 6) is -0.391. The number of hydrogen-bond donors (Lipinski definition) is 0. The maximum absolute atomic E-state index is 11.7. The van der Waals surface area contributed by atoms with Crippen molar-refractivity contribution in [3.8, 4) is 0 Å². The Hall–Kier alpha value is -1.77. The number of anilines is 1. The van der Waals surface area contributed by atoms with Crippen LogP contribution in [0.25, 0.3) is 6.08 Å². The lowest BCUT2D eigenvalue weighted by atomic mass is 9.96. The molecule has 1 aliphatic carbocycles. The van der Waals surface area contributed by atoms with Crippen molar-refractivity contribution in [2.75, 3.05) is 25.6 Å². The van der Waals surface area contributed by atoms with Crippen molar-refractivity contribution >= 4 is 17.7 Å². The van der Waals surface area contributed by atoms with Gasteiger partial charge in [0, 0.05) is 19.3 Å². The zero-order chi connectivity index (χ0) is 12.0. The molecule has 1 heterocycles. The maximum Gasteiger partial charge on any atom is 0.317 e. The summed E-state index contributed by atoms with van der Waals surface area (Å²) in [5, 5.41) is 0. The molecule has 1 atom stereocenters. The molecule has 3 heteroatoms. The molecule has 0 saturated carbocycles. The Morgan fingerprint density at radius 3 is 3.06 bits per heavy atom. The second kappa shape index (κ2) is 3.62. The number of carbonyl (C=O) groups excluding carboxylic acids is 1. The summed E-state index contributed by atoms with van der Waals surface area (Å²) in [6.45, 7) is 1.06. The van der Waals surface area contributed by atoms with Crippen molar-refractivity contribution in [2.24, 2.45) is 0 Å². The van der Waals surface area contributed by atoms with Crippen molar-refractivity contribution in [3.63, 3.8) is 0 Å². The summed E-state index contributed by atoms with van der Waals surface area (Å²) in [4.78, 5) is 13.9. The Balaban J connectivity index is 2.09. The zero-order valence-corrected chi connectivity index (χ0v) is 10.1. The molecule has 1 aliphatic heterocycles. The number of hydrogen-bond acceptors (Lipinski definition) is 3. The van der Waals surface area contributed by atoms with E-state index in [-0.39, 0.29) is 11.9 Å². The maximum atomic E-state index is 11.7. The fourth-order valence-electron chi connectivity index (χ4n) is 2.79. The average molecular weight is 229 g/mol. The van der Waals surface area contributed by atoms with Gasteiger partial charge in [-0.25, -0.2) is 0 Å². The van der Waals surface area contributed by atoms with Crippen LogP contribution in [0.15, 0.2) is 18.2 Å². The van der Waals surface area contributed by atoms with E-state index in [2.05, 4.69) is 30.2 Å². The normalized spacial score (nSPS) is 20.4. The third-order valence-corrected chi connectivity index (χ3v) is 3.72. The van der Waals surface area contributed by atoms with Gasteiger partial charge in [0.05, 0.1) is 7.11 Å². The van der Waals surface area contributed by atoms with E-state index in [4.69, 9.17) is 4.74 Å². The topological polar surface area (TPSA) is 29.5 Å². The fourth-order valence-corrected chi connectivity index (χ4v) is 2.79. The summed E-state index contributed by atoms with van der Waals surface area (Å²) >= 11 is 0. The summed E-state index contributed by atoms with van der Waals surface area (Å²) < 4.78 is 4.83. The molecule has 3 nitrogen and oxygen atoms in total. The van der Waals surface area contributed by atoms with E-state index in [0.29, 0.717) is 0 Å². The second-order valence-corrected chi connectivity index (χ2v) is 4.60. The standard InChI is InChI=1S/C14H15NO2/c1-15-8-7-11-9-3-4-12(14(16)17-2)10(9)5-6-13(11)15/h3-6,12H,7-8H2,1-2H3. The molecule has 88 valence electrons. The first-order valence-electron chi connectivity index (χ1n) is 5.85. The van der Waals surface area contributed by atoms with E-state index in [1.54, 1.807) is 0 Å². The molecule has 0 amide bonds. The lowest BCUT2D eigenvalue weighted by Gasteiger charge is -2.14. The Kier molecular flexibility index (Phi) is 2.21. The average Bonchev–Trinajstić information content (AvgIpc) is 2.92. The number of rotatable bonds is 1. The van der Waals surface area contributed by atoms with Crippen molar-refractivity contribution in [2.45, 2.75) is 12.3 Å². The summed E-state index contributed by atoms with van der Waals surface area (Å²) in [7, 11) is 3.55. The molecular formula is C14H15NO2. The molecule has 0 bridgehead atoms. The lowest BCUT2D eigenvalue weighted by molar-refractivity contribution is -0.141. The van der Waals surface area contributed by atoms with Gasteiger partial charge in [-0.05, 0) is 29.2 Å². The first-order chi connectivity index (χ1) is 8.22. The van der Waals surface area contributed by atoms with Crippen LogP contribution in [-0.2, 0) is 16.0 Å². The Labute approximate surface area is 101 Å². The number of benzene rings is 1. The van der Waals surface area contributed by atoms with Crippen LogP contribution in [0, 0.1) is 0 Å². The van der Waals surface area contributed by atoms with Crippen LogP contribution in [0.5, 0.6) is 0 Å². The predicted molar refractivity (Wildman–Crippen MR) is 67.2 cm³/mol. The largest absolute Gasteiger partial charge is 0.468 e. The minimum Gasteiger partial charge on any atom is -0.468 e. The van der Waals surface area contributed by atoms with Crippen LogP contribution in [-0.4, -0.2) is 26.7 Å². The SMILES string of the molecule is COC(=O)C1C=Cc2c1ccc1c2CCN1C. The smallest absolute Gasteiger partial charge is 0.317 e. The first-order valence-corrected chi connectivity index (χ1v) is 5.85. The van der Waals surface area contributed by atoms with Gasteiger partial charge in [0.1, 0.15) is 5.92 Å². The van der Waals surface area contributed by atoms with Crippen molar-refractivity contribution < 1.29 is 9.53 Å².